The van der Waals surface area contributed by atoms with Crippen LogP contribution in [0.4, 0.5) is 0 Å². The molecule has 0 saturated heterocycles. The lowest BCUT2D eigenvalue weighted by atomic mass is 9.82. The van der Waals surface area contributed by atoms with Gasteiger partial charge in [-0.2, -0.15) is 0 Å². The van der Waals surface area contributed by atoms with E-state index in [0.717, 1.165) is 12.8 Å². The van der Waals surface area contributed by atoms with Crippen molar-refractivity contribution in [1.82, 2.24) is 0 Å². The summed E-state index contributed by atoms with van der Waals surface area (Å²) < 4.78 is 0. The van der Waals surface area contributed by atoms with Crippen molar-refractivity contribution in [2.45, 2.75) is 97.4 Å². The number of nitrogens with two attached hydrogens (primary N) is 1. The van der Waals surface area contributed by atoms with Crippen LogP contribution >= 0.6 is 0 Å². The second-order valence-corrected chi connectivity index (χ2v) is 6.60. The zero-order valence-corrected chi connectivity index (χ0v) is 13.8. The Hall–Kier alpha value is -0.570. The first-order valence-electron chi connectivity index (χ1n) is 8.42. The molecule has 0 radical (unpaired) electrons. The van der Waals surface area contributed by atoms with Crippen molar-refractivity contribution in [2.75, 3.05) is 0 Å². The van der Waals surface area contributed by atoms with Crippen LogP contribution in [0.25, 0.3) is 0 Å². The van der Waals surface area contributed by atoms with Gasteiger partial charge in [-0.15, -0.1) is 0 Å². The maximum absolute atomic E-state index is 11.1. The van der Waals surface area contributed by atoms with Crippen molar-refractivity contribution in [3.05, 3.63) is 0 Å². The summed E-state index contributed by atoms with van der Waals surface area (Å²) in [6.45, 7) is 5.68. The average Bonchev–Trinajstić information content (AvgIpc) is 2.40. The second-order valence-electron chi connectivity index (χ2n) is 6.60. The summed E-state index contributed by atoms with van der Waals surface area (Å²) in [5.41, 5.74) is 5.17. The summed E-state index contributed by atoms with van der Waals surface area (Å²) in [5, 5.41) is 9.09. The quantitative estimate of drug-likeness (QED) is 0.481. The lowest BCUT2D eigenvalue weighted by Crippen LogP contribution is -2.43. The molecule has 0 saturated carbocycles. The van der Waals surface area contributed by atoms with Gasteiger partial charge in [-0.05, 0) is 20.3 Å². The van der Waals surface area contributed by atoms with E-state index in [1.165, 1.54) is 57.8 Å². The highest BCUT2D eigenvalue weighted by Gasteiger charge is 2.33. The number of unbranched alkanes of at least 4 members (excludes halogenated alkanes) is 9. The molecule has 0 aliphatic rings. The molecule has 0 aromatic rings. The van der Waals surface area contributed by atoms with Crippen LogP contribution in [-0.2, 0) is 4.79 Å². The van der Waals surface area contributed by atoms with Crippen molar-refractivity contribution in [1.29, 1.82) is 0 Å². The van der Waals surface area contributed by atoms with Gasteiger partial charge in [0.15, 0.2) is 0 Å². The zero-order chi connectivity index (χ0) is 15.4. The Labute approximate surface area is 125 Å². The topological polar surface area (TPSA) is 63.3 Å². The Balaban J connectivity index is 3.42. The van der Waals surface area contributed by atoms with Crippen molar-refractivity contribution in [3.63, 3.8) is 0 Å². The first kappa shape index (κ1) is 19.4. The third-order valence-electron chi connectivity index (χ3n) is 4.35. The van der Waals surface area contributed by atoms with Gasteiger partial charge in [0.1, 0.15) is 0 Å². The molecule has 0 heterocycles. The first-order chi connectivity index (χ1) is 9.42. The molecular formula is C17H35NO2. The third-order valence-corrected chi connectivity index (χ3v) is 4.35. The minimum atomic E-state index is -0.806. The van der Waals surface area contributed by atoms with Gasteiger partial charge in [-0.3, -0.25) is 4.79 Å². The van der Waals surface area contributed by atoms with Crippen LogP contribution in [0.1, 0.15) is 91.4 Å². The molecule has 0 fully saturated rings. The van der Waals surface area contributed by atoms with Crippen LogP contribution in [-0.4, -0.2) is 17.1 Å². The largest absolute Gasteiger partial charge is 0.481 e. The van der Waals surface area contributed by atoms with E-state index in [1.54, 1.807) is 13.8 Å². The van der Waals surface area contributed by atoms with Crippen molar-refractivity contribution in [2.24, 2.45) is 11.1 Å². The molecule has 0 spiro atoms. The van der Waals surface area contributed by atoms with Gasteiger partial charge < -0.3 is 10.8 Å². The lowest BCUT2D eigenvalue weighted by Gasteiger charge is -2.26. The molecule has 0 bridgehead atoms. The van der Waals surface area contributed by atoms with E-state index < -0.39 is 11.4 Å². The summed E-state index contributed by atoms with van der Waals surface area (Å²) in [6, 6.07) is -0.242. The number of carboxylic acids is 1. The number of hydrogen-bond donors (Lipinski definition) is 2. The maximum Gasteiger partial charge on any atom is 0.310 e. The fourth-order valence-corrected chi connectivity index (χ4v) is 2.37. The molecule has 20 heavy (non-hydrogen) atoms. The van der Waals surface area contributed by atoms with E-state index in [4.69, 9.17) is 10.8 Å². The Morgan fingerprint density at radius 2 is 1.35 bits per heavy atom. The summed E-state index contributed by atoms with van der Waals surface area (Å²) in [6.07, 6.45) is 13.8. The van der Waals surface area contributed by atoms with Crippen LogP contribution in [0.15, 0.2) is 0 Å². The highest BCUT2D eigenvalue weighted by molar-refractivity contribution is 5.74. The number of rotatable bonds is 13. The van der Waals surface area contributed by atoms with Gasteiger partial charge in [0, 0.05) is 6.04 Å². The van der Waals surface area contributed by atoms with Crippen LogP contribution in [0, 0.1) is 5.41 Å². The molecule has 0 unspecified atom stereocenters. The molecule has 0 aliphatic carbocycles. The Kier molecular flexibility index (Phi) is 10.8. The van der Waals surface area contributed by atoms with Gasteiger partial charge >= 0.3 is 5.97 Å². The summed E-state index contributed by atoms with van der Waals surface area (Å²) >= 11 is 0. The molecule has 1 atom stereocenters. The number of carbonyl (C=O) groups is 1. The molecule has 0 aromatic heterocycles. The van der Waals surface area contributed by atoms with Crippen LogP contribution in [0.5, 0.6) is 0 Å². The van der Waals surface area contributed by atoms with Gasteiger partial charge in [0.2, 0.25) is 0 Å². The van der Waals surface area contributed by atoms with E-state index in [-0.39, 0.29) is 6.04 Å². The normalized spacial score (nSPS) is 13.4. The molecule has 0 rings (SSSR count). The van der Waals surface area contributed by atoms with Crippen molar-refractivity contribution < 1.29 is 9.90 Å². The van der Waals surface area contributed by atoms with Crippen molar-refractivity contribution >= 4 is 5.97 Å². The summed E-state index contributed by atoms with van der Waals surface area (Å²) in [4.78, 5) is 11.1. The number of hydrogen-bond acceptors (Lipinski definition) is 2. The Bertz CT molecular complexity index is 251. The highest BCUT2D eigenvalue weighted by atomic mass is 16.4. The molecule has 120 valence electrons. The van der Waals surface area contributed by atoms with Gasteiger partial charge in [0.05, 0.1) is 5.41 Å². The van der Waals surface area contributed by atoms with Gasteiger partial charge in [-0.25, -0.2) is 0 Å². The van der Waals surface area contributed by atoms with Gasteiger partial charge in [-0.1, -0.05) is 71.1 Å². The molecule has 3 nitrogen and oxygen atoms in total. The number of aliphatic carboxylic acids is 1. The standard InChI is InChI=1S/C17H35NO2/c1-4-5-6-7-8-9-10-11-12-13-14-15(18)17(2,3)16(19)20/h15H,4-14,18H2,1-3H3,(H,19,20)/t15-/m0/s1. The van der Waals surface area contributed by atoms with E-state index in [2.05, 4.69) is 6.92 Å². The zero-order valence-electron chi connectivity index (χ0n) is 13.8. The molecule has 0 aromatic carbocycles. The predicted octanol–water partition coefficient (Wildman–Crippen LogP) is 4.74. The predicted molar refractivity (Wildman–Crippen MR) is 85.9 cm³/mol. The highest BCUT2D eigenvalue weighted by Crippen LogP contribution is 2.23. The molecule has 3 N–H and O–H groups in total. The summed E-state index contributed by atoms with van der Waals surface area (Å²) in [7, 11) is 0. The van der Waals surface area contributed by atoms with E-state index in [1.807, 2.05) is 0 Å². The Morgan fingerprint density at radius 1 is 0.950 bits per heavy atom. The second kappa shape index (κ2) is 11.1. The van der Waals surface area contributed by atoms with Crippen LogP contribution in [0.2, 0.25) is 0 Å². The fraction of sp³-hybridized carbons (Fsp3) is 0.941. The molecule has 0 amide bonds. The third kappa shape index (κ3) is 8.57. The lowest BCUT2D eigenvalue weighted by molar-refractivity contribution is -0.148. The summed E-state index contributed by atoms with van der Waals surface area (Å²) in [5.74, 6) is -0.794. The monoisotopic (exact) mass is 285 g/mol. The van der Waals surface area contributed by atoms with Crippen LogP contribution < -0.4 is 5.73 Å². The minimum absolute atomic E-state index is 0.242. The van der Waals surface area contributed by atoms with E-state index >= 15 is 0 Å². The fourth-order valence-electron chi connectivity index (χ4n) is 2.37. The minimum Gasteiger partial charge on any atom is -0.481 e. The Morgan fingerprint density at radius 3 is 1.75 bits per heavy atom. The van der Waals surface area contributed by atoms with Gasteiger partial charge in [0.25, 0.3) is 0 Å². The first-order valence-corrected chi connectivity index (χ1v) is 8.42. The molecule has 3 heteroatoms. The van der Waals surface area contributed by atoms with E-state index in [9.17, 15) is 4.79 Å². The SMILES string of the molecule is CCCCCCCCCCCC[C@H](N)C(C)(C)C(=O)O. The van der Waals surface area contributed by atoms with Crippen molar-refractivity contribution in [3.8, 4) is 0 Å². The molecular weight excluding hydrogens is 250 g/mol. The smallest absolute Gasteiger partial charge is 0.310 e. The van der Waals surface area contributed by atoms with Crippen LogP contribution in [0.3, 0.4) is 0 Å². The van der Waals surface area contributed by atoms with E-state index in [0.29, 0.717) is 0 Å². The molecule has 0 aliphatic heterocycles. The maximum atomic E-state index is 11.1. The average molecular weight is 285 g/mol. The number of carboxylic acid groups (broad SMARTS) is 1.